The minimum Gasteiger partial charge on any atom is -0.329 e. The van der Waals surface area contributed by atoms with Crippen LogP contribution < -0.4 is 0 Å². The van der Waals surface area contributed by atoms with Crippen LogP contribution in [-0.4, -0.2) is 29.3 Å². The molecule has 2 aliphatic rings. The van der Waals surface area contributed by atoms with Crippen LogP contribution >= 0.6 is 0 Å². The van der Waals surface area contributed by atoms with Crippen LogP contribution in [0.4, 0.5) is 8.78 Å². The maximum absolute atomic E-state index is 12.4. The van der Waals surface area contributed by atoms with Gasteiger partial charge < -0.3 is 4.84 Å². The quantitative estimate of drug-likeness (QED) is 0.790. The monoisotopic (exact) mass is 281 g/mol. The lowest BCUT2D eigenvalue weighted by molar-refractivity contribution is -0.171. The summed E-state index contributed by atoms with van der Waals surface area (Å²) < 4.78 is 24.7. The van der Waals surface area contributed by atoms with Crippen LogP contribution in [0.5, 0.6) is 0 Å². The van der Waals surface area contributed by atoms with Crippen LogP contribution in [0.1, 0.15) is 27.1 Å². The molecule has 1 saturated carbocycles. The molecular weight excluding hydrogens is 272 g/mol. The van der Waals surface area contributed by atoms with E-state index in [1.165, 1.54) is 12.1 Å². The summed E-state index contributed by atoms with van der Waals surface area (Å²) in [7, 11) is 0. The molecular formula is C13H9F2NO4. The summed E-state index contributed by atoms with van der Waals surface area (Å²) in [5, 5.41) is 0.341. The largest absolute Gasteiger partial charge is 0.336 e. The maximum Gasteiger partial charge on any atom is 0.336 e. The lowest BCUT2D eigenvalue weighted by atomic mass is 10.1. The van der Waals surface area contributed by atoms with Crippen LogP contribution in [0.2, 0.25) is 0 Å². The summed E-state index contributed by atoms with van der Waals surface area (Å²) in [6, 6.07) is 6.01. The highest BCUT2D eigenvalue weighted by Gasteiger charge is 2.52. The molecule has 0 N–H and O–H groups in total. The van der Waals surface area contributed by atoms with Gasteiger partial charge in [0.05, 0.1) is 17.0 Å². The summed E-state index contributed by atoms with van der Waals surface area (Å²) in [6.07, 6.45) is -2.59. The molecule has 1 heterocycles. The molecule has 1 fully saturated rings. The van der Waals surface area contributed by atoms with Gasteiger partial charge >= 0.3 is 5.97 Å². The van der Waals surface area contributed by atoms with E-state index in [2.05, 4.69) is 4.84 Å². The molecule has 0 unspecified atom stereocenters. The topological polar surface area (TPSA) is 63.7 Å². The normalized spacial score (nSPS) is 24.1. The van der Waals surface area contributed by atoms with Gasteiger partial charge in [-0.05, 0) is 18.6 Å². The fraction of sp³-hybridized carbons (Fsp3) is 0.308. The third-order valence-electron chi connectivity index (χ3n) is 3.40. The molecule has 1 aromatic carbocycles. The van der Waals surface area contributed by atoms with E-state index in [9.17, 15) is 23.2 Å². The highest BCUT2D eigenvalue weighted by molar-refractivity contribution is 6.20. The van der Waals surface area contributed by atoms with Crippen molar-refractivity contribution in [3.63, 3.8) is 0 Å². The van der Waals surface area contributed by atoms with Crippen LogP contribution in [0.3, 0.4) is 0 Å². The van der Waals surface area contributed by atoms with Crippen LogP contribution in [0.25, 0.3) is 0 Å². The van der Waals surface area contributed by atoms with Crippen molar-refractivity contribution in [2.24, 2.45) is 11.8 Å². The molecule has 20 heavy (non-hydrogen) atoms. The first-order valence-corrected chi connectivity index (χ1v) is 5.98. The third kappa shape index (κ3) is 1.86. The number of halogens is 2. The zero-order chi connectivity index (χ0) is 14.4. The van der Waals surface area contributed by atoms with Crippen LogP contribution in [0, 0.1) is 11.8 Å². The molecule has 0 bridgehead atoms. The Kier molecular flexibility index (Phi) is 2.77. The van der Waals surface area contributed by atoms with Gasteiger partial charge in [0.2, 0.25) is 6.43 Å². The minimum atomic E-state index is -2.60. The predicted molar refractivity (Wildman–Crippen MR) is 60.6 cm³/mol. The Morgan fingerprint density at radius 2 is 1.75 bits per heavy atom. The Morgan fingerprint density at radius 1 is 1.20 bits per heavy atom. The van der Waals surface area contributed by atoms with Gasteiger partial charge in [0.25, 0.3) is 11.8 Å². The number of rotatable bonds is 3. The van der Waals surface area contributed by atoms with Crippen molar-refractivity contribution in [2.45, 2.75) is 12.8 Å². The second-order valence-electron chi connectivity index (χ2n) is 4.70. The number of hydroxylamine groups is 2. The molecule has 1 aliphatic heterocycles. The Labute approximate surface area is 112 Å². The number of carbonyl (C=O) groups excluding carboxylic acids is 3. The Morgan fingerprint density at radius 3 is 2.20 bits per heavy atom. The molecule has 3 rings (SSSR count). The molecule has 0 radical (unpaired) electrons. The number of imide groups is 1. The molecule has 0 saturated heterocycles. The van der Waals surface area contributed by atoms with E-state index >= 15 is 0 Å². The number of alkyl halides is 2. The Balaban J connectivity index is 1.73. The average molecular weight is 281 g/mol. The van der Waals surface area contributed by atoms with Crippen molar-refractivity contribution in [3.05, 3.63) is 35.4 Å². The number of benzene rings is 1. The maximum atomic E-state index is 12.4. The standard InChI is InChI=1S/C13H9F2NO4/c14-10(15)8-5-9(8)13(19)20-16-11(17)6-3-1-2-4-7(6)12(16)18/h1-4,8-10H,5H2/t8-,9-/m1/s1. The fourth-order valence-electron chi connectivity index (χ4n) is 2.17. The number of nitrogens with zero attached hydrogens (tertiary/aromatic N) is 1. The first kappa shape index (κ1) is 12.7. The summed E-state index contributed by atoms with van der Waals surface area (Å²) >= 11 is 0. The lowest BCUT2D eigenvalue weighted by Gasteiger charge is -2.12. The molecule has 1 aromatic rings. The second kappa shape index (κ2) is 4.36. The van der Waals surface area contributed by atoms with Gasteiger partial charge in [0.1, 0.15) is 0 Å². The van der Waals surface area contributed by atoms with Gasteiger partial charge in [-0.3, -0.25) is 9.59 Å². The zero-order valence-corrected chi connectivity index (χ0v) is 10.1. The number of hydrogen-bond acceptors (Lipinski definition) is 4. The predicted octanol–water partition coefficient (Wildman–Crippen LogP) is 1.64. The molecule has 0 aromatic heterocycles. The van der Waals surface area contributed by atoms with Gasteiger partial charge in [-0.25, -0.2) is 13.6 Å². The number of amides is 2. The first-order valence-electron chi connectivity index (χ1n) is 5.98. The van der Waals surface area contributed by atoms with E-state index in [0.717, 1.165) is 0 Å². The second-order valence-corrected chi connectivity index (χ2v) is 4.70. The highest BCUT2D eigenvalue weighted by Crippen LogP contribution is 2.44. The van der Waals surface area contributed by atoms with Gasteiger partial charge in [0.15, 0.2) is 0 Å². The fourth-order valence-corrected chi connectivity index (χ4v) is 2.17. The molecule has 5 nitrogen and oxygen atoms in total. The van der Waals surface area contributed by atoms with Crippen molar-refractivity contribution < 1.29 is 28.0 Å². The highest BCUT2D eigenvalue weighted by atomic mass is 19.3. The van der Waals surface area contributed by atoms with Crippen LogP contribution in [-0.2, 0) is 9.63 Å². The molecule has 2 amide bonds. The van der Waals surface area contributed by atoms with E-state index in [0.29, 0.717) is 5.06 Å². The van der Waals surface area contributed by atoms with Gasteiger partial charge in [-0.1, -0.05) is 17.2 Å². The Bertz CT molecular complexity index is 581. The summed E-state index contributed by atoms with van der Waals surface area (Å²) in [5.41, 5.74) is 0.262. The van der Waals surface area contributed by atoms with Crippen LogP contribution in [0.15, 0.2) is 24.3 Å². The van der Waals surface area contributed by atoms with E-state index < -0.39 is 36.0 Å². The van der Waals surface area contributed by atoms with E-state index in [1.54, 1.807) is 12.1 Å². The van der Waals surface area contributed by atoms with E-state index in [1.807, 2.05) is 0 Å². The summed E-state index contributed by atoms with van der Waals surface area (Å²) in [6.45, 7) is 0. The van der Waals surface area contributed by atoms with Crippen molar-refractivity contribution in [2.75, 3.05) is 0 Å². The molecule has 1 aliphatic carbocycles. The van der Waals surface area contributed by atoms with Gasteiger partial charge in [-0.2, -0.15) is 0 Å². The molecule has 2 atom stereocenters. The zero-order valence-electron chi connectivity index (χ0n) is 10.1. The Hall–Kier alpha value is -2.31. The minimum absolute atomic E-state index is 0.0136. The molecule has 0 spiro atoms. The van der Waals surface area contributed by atoms with Crippen molar-refractivity contribution >= 4 is 17.8 Å². The number of fused-ring (bicyclic) bond motifs is 1. The van der Waals surface area contributed by atoms with Crippen molar-refractivity contribution in [3.8, 4) is 0 Å². The SMILES string of the molecule is O=C(ON1C(=O)c2ccccc2C1=O)[C@@H]1C[C@H]1C(F)F. The molecule has 104 valence electrons. The third-order valence-corrected chi connectivity index (χ3v) is 3.40. The van der Waals surface area contributed by atoms with E-state index in [4.69, 9.17) is 0 Å². The van der Waals surface area contributed by atoms with Gasteiger partial charge in [-0.15, -0.1) is 0 Å². The van der Waals surface area contributed by atoms with E-state index in [-0.39, 0.29) is 17.5 Å². The summed E-state index contributed by atoms with van der Waals surface area (Å²) in [4.78, 5) is 40.1. The lowest BCUT2D eigenvalue weighted by Crippen LogP contribution is -2.33. The van der Waals surface area contributed by atoms with Gasteiger partial charge in [0, 0.05) is 5.92 Å². The average Bonchev–Trinajstić information content (AvgIpc) is 3.20. The van der Waals surface area contributed by atoms with Crippen molar-refractivity contribution in [1.82, 2.24) is 5.06 Å². The smallest absolute Gasteiger partial charge is 0.329 e. The number of carbonyl (C=O) groups is 3. The van der Waals surface area contributed by atoms with Crippen molar-refractivity contribution in [1.29, 1.82) is 0 Å². The first-order chi connectivity index (χ1) is 9.50. The molecule has 7 heteroatoms. The number of hydrogen-bond donors (Lipinski definition) is 0. The summed E-state index contributed by atoms with van der Waals surface area (Å²) in [5.74, 6) is -4.47.